The number of hydrogen-bond donors (Lipinski definition) is 1. The zero-order chi connectivity index (χ0) is 13.1. The lowest BCUT2D eigenvalue weighted by Gasteiger charge is -2.32. The molecule has 0 saturated carbocycles. The van der Waals surface area contributed by atoms with Gasteiger partial charge in [-0.15, -0.1) is 0 Å². The number of carboxylic acids is 1. The van der Waals surface area contributed by atoms with Crippen molar-refractivity contribution in [3.63, 3.8) is 0 Å². The average Bonchev–Trinajstić information content (AvgIpc) is 2.38. The van der Waals surface area contributed by atoms with Gasteiger partial charge in [0, 0.05) is 12.1 Å². The number of anilines is 1. The summed E-state index contributed by atoms with van der Waals surface area (Å²) in [6.45, 7) is 0. The van der Waals surface area contributed by atoms with E-state index in [0.29, 0.717) is 30.5 Å². The van der Waals surface area contributed by atoms with Crippen LogP contribution in [-0.2, 0) is 9.59 Å². The summed E-state index contributed by atoms with van der Waals surface area (Å²) in [7, 11) is 0. The zero-order valence-corrected chi connectivity index (χ0v) is 9.67. The van der Waals surface area contributed by atoms with Gasteiger partial charge in [0.25, 0.3) is 0 Å². The van der Waals surface area contributed by atoms with Crippen LogP contribution in [0.3, 0.4) is 0 Å². The van der Waals surface area contributed by atoms with Gasteiger partial charge in [0.1, 0.15) is 6.04 Å². The molecule has 1 aliphatic rings. The molecule has 5 heteroatoms. The van der Waals surface area contributed by atoms with Crippen molar-refractivity contribution in [2.45, 2.75) is 25.3 Å². The molecule has 0 aliphatic carbocycles. The lowest BCUT2D eigenvalue weighted by Crippen LogP contribution is -2.48. The third-order valence-corrected chi connectivity index (χ3v) is 3.01. The Morgan fingerprint density at radius 3 is 2.61 bits per heavy atom. The Morgan fingerprint density at radius 2 is 2.06 bits per heavy atom. The van der Waals surface area contributed by atoms with E-state index in [1.807, 2.05) is 6.07 Å². The molecule has 2 rings (SSSR count). The Bertz CT molecular complexity index is 516. The molecule has 1 heterocycles. The monoisotopic (exact) mass is 244 g/mol. The van der Waals surface area contributed by atoms with Gasteiger partial charge in [0.2, 0.25) is 5.91 Å². The van der Waals surface area contributed by atoms with Gasteiger partial charge in [0.05, 0.1) is 11.6 Å². The molecule has 0 radical (unpaired) electrons. The van der Waals surface area contributed by atoms with Gasteiger partial charge in [-0.05, 0) is 37.1 Å². The van der Waals surface area contributed by atoms with Gasteiger partial charge in [-0.25, -0.2) is 4.79 Å². The fraction of sp³-hybridized carbons (Fsp3) is 0.308. The molecule has 1 amide bonds. The highest BCUT2D eigenvalue weighted by Crippen LogP contribution is 2.26. The van der Waals surface area contributed by atoms with Crippen LogP contribution in [0.5, 0.6) is 0 Å². The van der Waals surface area contributed by atoms with Crippen molar-refractivity contribution in [3.05, 3.63) is 29.8 Å². The van der Waals surface area contributed by atoms with Crippen LogP contribution >= 0.6 is 0 Å². The van der Waals surface area contributed by atoms with Crippen LogP contribution in [0, 0.1) is 11.3 Å². The molecule has 1 atom stereocenters. The summed E-state index contributed by atoms with van der Waals surface area (Å²) >= 11 is 0. The molecule has 1 fully saturated rings. The molecule has 18 heavy (non-hydrogen) atoms. The predicted molar refractivity (Wildman–Crippen MR) is 63.9 cm³/mol. The van der Waals surface area contributed by atoms with E-state index in [1.54, 1.807) is 24.3 Å². The van der Waals surface area contributed by atoms with Crippen LogP contribution in [0.4, 0.5) is 5.69 Å². The summed E-state index contributed by atoms with van der Waals surface area (Å²) in [5.41, 5.74) is 1.01. The standard InChI is InChI=1S/C13H12N2O3/c14-8-9-4-6-10(7-5-9)15-11(13(17)18)2-1-3-12(15)16/h4-7,11H,1-3H2,(H,17,18). The van der Waals surface area contributed by atoms with Crippen molar-refractivity contribution in [2.24, 2.45) is 0 Å². The van der Waals surface area contributed by atoms with Crippen LogP contribution in [0.25, 0.3) is 0 Å². The number of hydrogen-bond acceptors (Lipinski definition) is 3. The summed E-state index contributed by atoms with van der Waals surface area (Å²) in [6.07, 6.45) is 1.42. The van der Waals surface area contributed by atoms with E-state index in [9.17, 15) is 9.59 Å². The number of aliphatic carboxylic acids is 1. The molecular weight excluding hydrogens is 232 g/mol. The number of amides is 1. The van der Waals surface area contributed by atoms with Crippen LogP contribution < -0.4 is 4.90 Å². The maximum Gasteiger partial charge on any atom is 0.326 e. The van der Waals surface area contributed by atoms with Crippen molar-refractivity contribution in [1.29, 1.82) is 5.26 Å². The van der Waals surface area contributed by atoms with Gasteiger partial charge >= 0.3 is 5.97 Å². The Labute approximate surface area is 104 Å². The number of carboxylic acid groups (broad SMARTS) is 1. The molecule has 0 aromatic heterocycles. The summed E-state index contributed by atoms with van der Waals surface area (Å²) in [5, 5.41) is 17.8. The second-order valence-corrected chi connectivity index (χ2v) is 4.17. The van der Waals surface area contributed by atoms with Crippen LogP contribution in [0.2, 0.25) is 0 Å². The van der Waals surface area contributed by atoms with E-state index in [1.165, 1.54) is 4.90 Å². The van der Waals surface area contributed by atoms with E-state index < -0.39 is 12.0 Å². The molecule has 1 unspecified atom stereocenters. The minimum Gasteiger partial charge on any atom is -0.480 e. The number of carbonyl (C=O) groups is 2. The second-order valence-electron chi connectivity index (χ2n) is 4.17. The average molecular weight is 244 g/mol. The number of nitrogens with zero attached hydrogens (tertiary/aromatic N) is 2. The van der Waals surface area contributed by atoms with E-state index in [4.69, 9.17) is 10.4 Å². The molecule has 1 aliphatic heterocycles. The molecule has 1 N–H and O–H groups in total. The van der Waals surface area contributed by atoms with Crippen molar-refractivity contribution < 1.29 is 14.7 Å². The summed E-state index contributed by atoms with van der Waals surface area (Å²) in [6, 6.07) is 7.55. The van der Waals surface area contributed by atoms with E-state index in [0.717, 1.165) is 0 Å². The lowest BCUT2D eigenvalue weighted by atomic mass is 10.0. The van der Waals surface area contributed by atoms with Crippen LogP contribution in [0.1, 0.15) is 24.8 Å². The molecule has 0 spiro atoms. The van der Waals surface area contributed by atoms with E-state index in [2.05, 4.69) is 0 Å². The molecule has 1 saturated heterocycles. The molecule has 5 nitrogen and oxygen atoms in total. The summed E-state index contributed by atoms with van der Waals surface area (Å²) in [4.78, 5) is 24.3. The zero-order valence-electron chi connectivity index (χ0n) is 9.67. The third kappa shape index (κ3) is 2.18. The summed E-state index contributed by atoms with van der Waals surface area (Å²) in [5.74, 6) is -1.18. The first-order valence-corrected chi connectivity index (χ1v) is 5.68. The van der Waals surface area contributed by atoms with Crippen molar-refractivity contribution in [2.75, 3.05) is 4.90 Å². The van der Waals surface area contributed by atoms with E-state index in [-0.39, 0.29) is 5.91 Å². The van der Waals surface area contributed by atoms with Gasteiger partial charge in [0.15, 0.2) is 0 Å². The number of carbonyl (C=O) groups excluding carboxylic acids is 1. The Kier molecular flexibility index (Phi) is 3.28. The fourth-order valence-corrected chi connectivity index (χ4v) is 2.12. The van der Waals surface area contributed by atoms with Crippen molar-refractivity contribution in [1.82, 2.24) is 0 Å². The minimum absolute atomic E-state index is 0.182. The first-order valence-electron chi connectivity index (χ1n) is 5.68. The normalized spacial score (nSPS) is 19.4. The Balaban J connectivity index is 2.34. The highest BCUT2D eigenvalue weighted by Gasteiger charge is 2.34. The SMILES string of the molecule is N#Cc1ccc(N2C(=O)CCCC2C(=O)O)cc1. The van der Waals surface area contributed by atoms with Gasteiger partial charge in [-0.3, -0.25) is 9.69 Å². The molecular formula is C13H12N2O3. The first kappa shape index (κ1) is 12.1. The maximum absolute atomic E-state index is 11.9. The fourth-order valence-electron chi connectivity index (χ4n) is 2.12. The number of benzene rings is 1. The lowest BCUT2D eigenvalue weighted by molar-refractivity contribution is -0.141. The predicted octanol–water partition coefficient (Wildman–Crippen LogP) is 1.53. The Hall–Kier alpha value is -2.35. The highest BCUT2D eigenvalue weighted by atomic mass is 16.4. The number of nitriles is 1. The van der Waals surface area contributed by atoms with Crippen molar-refractivity contribution >= 4 is 17.6 Å². The van der Waals surface area contributed by atoms with Gasteiger partial charge in [-0.1, -0.05) is 0 Å². The van der Waals surface area contributed by atoms with E-state index >= 15 is 0 Å². The Morgan fingerprint density at radius 1 is 1.39 bits per heavy atom. The number of piperidine rings is 1. The topological polar surface area (TPSA) is 81.4 Å². The molecule has 92 valence electrons. The number of rotatable bonds is 2. The second kappa shape index (κ2) is 4.88. The van der Waals surface area contributed by atoms with Crippen LogP contribution in [0.15, 0.2) is 24.3 Å². The highest BCUT2D eigenvalue weighted by molar-refractivity contribution is 6.00. The smallest absolute Gasteiger partial charge is 0.326 e. The van der Waals surface area contributed by atoms with Crippen molar-refractivity contribution in [3.8, 4) is 6.07 Å². The quantitative estimate of drug-likeness (QED) is 0.855. The van der Waals surface area contributed by atoms with Gasteiger partial charge in [-0.2, -0.15) is 5.26 Å². The summed E-state index contributed by atoms with van der Waals surface area (Å²) < 4.78 is 0. The first-order chi connectivity index (χ1) is 8.63. The maximum atomic E-state index is 11.9. The molecule has 1 aromatic carbocycles. The molecule has 0 bridgehead atoms. The van der Waals surface area contributed by atoms with Gasteiger partial charge < -0.3 is 5.11 Å². The third-order valence-electron chi connectivity index (χ3n) is 3.01. The molecule has 1 aromatic rings. The minimum atomic E-state index is -0.993. The largest absolute Gasteiger partial charge is 0.480 e. The van der Waals surface area contributed by atoms with Crippen LogP contribution in [-0.4, -0.2) is 23.0 Å².